The number of benzene rings is 1. The van der Waals surface area contributed by atoms with E-state index in [2.05, 4.69) is 6.92 Å². The summed E-state index contributed by atoms with van der Waals surface area (Å²) in [6.45, 7) is 2.15. The zero-order valence-electron chi connectivity index (χ0n) is 9.24. The van der Waals surface area contributed by atoms with Crippen molar-refractivity contribution in [2.24, 2.45) is 5.73 Å². The predicted molar refractivity (Wildman–Crippen MR) is 64.3 cm³/mol. The largest absolute Gasteiger partial charge is 0.506 e. The molecule has 2 heteroatoms. The smallest absolute Gasteiger partial charge is 0.141 e. The van der Waals surface area contributed by atoms with Gasteiger partial charge in [-0.3, -0.25) is 0 Å². The third-order valence-corrected chi connectivity index (χ3v) is 2.40. The monoisotopic (exact) mass is 205 g/mol. The highest BCUT2D eigenvalue weighted by Crippen LogP contribution is 2.16. The van der Waals surface area contributed by atoms with E-state index in [1.807, 2.05) is 30.3 Å². The molecule has 82 valence electrons. The molecule has 1 aromatic carbocycles. The van der Waals surface area contributed by atoms with Crippen molar-refractivity contribution in [2.75, 3.05) is 0 Å². The Morgan fingerprint density at radius 3 is 2.47 bits per heavy atom. The van der Waals surface area contributed by atoms with Crippen LogP contribution in [0.1, 0.15) is 38.2 Å². The molecule has 1 aromatic rings. The van der Waals surface area contributed by atoms with Crippen molar-refractivity contribution in [1.82, 2.24) is 0 Å². The maximum atomic E-state index is 9.84. The zero-order chi connectivity index (χ0) is 11.1. The SMILES string of the molecule is CCCCC/C(N)=C(\O)c1ccccc1. The molecule has 0 aliphatic heterocycles. The Balaban J connectivity index is 2.64. The third-order valence-electron chi connectivity index (χ3n) is 2.40. The fourth-order valence-electron chi connectivity index (χ4n) is 1.47. The highest BCUT2D eigenvalue weighted by molar-refractivity contribution is 5.60. The lowest BCUT2D eigenvalue weighted by Gasteiger charge is -2.05. The summed E-state index contributed by atoms with van der Waals surface area (Å²) in [7, 11) is 0. The number of aliphatic hydroxyl groups excluding tert-OH is 1. The van der Waals surface area contributed by atoms with Crippen molar-refractivity contribution in [2.45, 2.75) is 32.6 Å². The standard InChI is InChI=1S/C13H19NO/c1-2-3-5-10-12(14)13(15)11-8-6-4-7-9-11/h4,6-9,15H,2-3,5,10,14H2,1H3/b13-12+. The van der Waals surface area contributed by atoms with Crippen LogP contribution in [0.2, 0.25) is 0 Å². The van der Waals surface area contributed by atoms with Crippen LogP contribution in [0.15, 0.2) is 36.0 Å². The van der Waals surface area contributed by atoms with Gasteiger partial charge in [0.1, 0.15) is 5.76 Å². The summed E-state index contributed by atoms with van der Waals surface area (Å²) in [4.78, 5) is 0. The normalized spacial score (nSPS) is 12.3. The molecule has 0 fully saturated rings. The number of rotatable bonds is 5. The second-order valence-corrected chi connectivity index (χ2v) is 3.70. The first-order chi connectivity index (χ1) is 7.25. The van der Waals surface area contributed by atoms with Crippen LogP contribution in [0.25, 0.3) is 5.76 Å². The van der Waals surface area contributed by atoms with Gasteiger partial charge in [-0.05, 0) is 12.8 Å². The van der Waals surface area contributed by atoms with Crippen LogP contribution in [-0.2, 0) is 0 Å². The van der Waals surface area contributed by atoms with Gasteiger partial charge in [-0.15, -0.1) is 0 Å². The highest BCUT2D eigenvalue weighted by Gasteiger charge is 2.03. The molecule has 0 atom stereocenters. The van der Waals surface area contributed by atoms with E-state index in [1.54, 1.807) is 0 Å². The van der Waals surface area contributed by atoms with E-state index in [0.717, 1.165) is 24.8 Å². The first kappa shape index (κ1) is 11.6. The summed E-state index contributed by atoms with van der Waals surface area (Å²) in [6, 6.07) is 9.43. The van der Waals surface area contributed by atoms with Gasteiger partial charge < -0.3 is 10.8 Å². The molecule has 0 saturated heterocycles. The molecule has 0 heterocycles. The van der Waals surface area contributed by atoms with Crippen LogP contribution in [-0.4, -0.2) is 5.11 Å². The van der Waals surface area contributed by atoms with Gasteiger partial charge in [-0.25, -0.2) is 0 Å². The molecule has 0 radical (unpaired) electrons. The second kappa shape index (κ2) is 6.12. The summed E-state index contributed by atoms with van der Waals surface area (Å²) >= 11 is 0. The topological polar surface area (TPSA) is 46.2 Å². The van der Waals surface area contributed by atoms with Gasteiger partial charge in [0.2, 0.25) is 0 Å². The number of hydrogen-bond donors (Lipinski definition) is 2. The molecule has 0 aromatic heterocycles. The van der Waals surface area contributed by atoms with Gasteiger partial charge in [0.15, 0.2) is 0 Å². The molecule has 1 rings (SSSR count). The Labute approximate surface area is 91.4 Å². The van der Waals surface area contributed by atoms with E-state index in [-0.39, 0.29) is 5.76 Å². The minimum absolute atomic E-state index is 0.228. The number of nitrogens with two attached hydrogens (primary N) is 1. The number of hydrogen-bond acceptors (Lipinski definition) is 2. The van der Waals surface area contributed by atoms with Crippen LogP contribution in [0.4, 0.5) is 0 Å². The van der Waals surface area contributed by atoms with Crippen LogP contribution < -0.4 is 5.73 Å². The third kappa shape index (κ3) is 3.66. The lowest BCUT2D eigenvalue weighted by molar-refractivity contribution is 0.501. The lowest BCUT2D eigenvalue weighted by Crippen LogP contribution is -2.02. The summed E-state index contributed by atoms with van der Waals surface area (Å²) in [5.41, 5.74) is 7.21. The van der Waals surface area contributed by atoms with Crippen molar-refractivity contribution in [1.29, 1.82) is 0 Å². The van der Waals surface area contributed by atoms with Gasteiger partial charge in [-0.1, -0.05) is 50.1 Å². The van der Waals surface area contributed by atoms with Crippen LogP contribution in [0, 0.1) is 0 Å². The average Bonchev–Trinajstić information content (AvgIpc) is 2.29. The summed E-state index contributed by atoms with van der Waals surface area (Å²) in [5.74, 6) is 0.228. The van der Waals surface area contributed by atoms with Crippen LogP contribution in [0.3, 0.4) is 0 Å². The summed E-state index contributed by atoms with van der Waals surface area (Å²) < 4.78 is 0. The molecule has 3 N–H and O–H groups in total. The first-order valence-electron chi connectivity index (χ1n) is 5.48. The van der Waals surface area contributed by atoms with Gasteiger partial charge in [-0.2, -0.15) is 0 Å². The first-order valence-corrected chi connectivity index (χ1v) is 5.48. The fourth-order valence-corrected chi connectivity index (χ4v) is 1.47. The quantitative estimate of drug-likeness (QED) is 0.571. The molecule has 0 aliphatic rings. The molecule has 0 amide bonds. The highest BCUT2D eigenvalue weighted by atomic mass is 16.3. The second-order valence-electron chi connectivity index (χ2n) is 3.70. The number of unbranched alkanes of at least 4 members (excludes halogenated alkanes) is 2. The van der Waals surface area contributed by atoms with E-state index in [1.165, 1.54) is 6.42 Å². The minimum atomic E-state index is 0.228. The van der Waals surface area contributed by atoms with Crippen molar-refractivity contribution in [3.63, 3.8) is 0 Å². The Morgan fingerprint density at radius 1 is 1.20 bits per heavy atom. The maximum Gasteiger partial charge on any atom is 0.141 e. The molecule has 0 saturated carbocycles. The van der Waals surface area contributed by atoms with E-state index in [9.17, 15) is 5.11 Å². The van der Waals surface area contributed by atoms with E-state index >= 15 is 0 Å². The Morgan fingerprint density at radius 2 is 1.87 bits per heavy atom. The molecule has 0 unspecified atom stereocenters. The van der Waals surface area contributed by atoms with Crippen molar-refractivity contribution >= 4 is 5.76 Å². The van der Waals surface area contributed by atoms with Gasteiger partial charge >= 0.3 is 0 Å². The maximum absolute atomic E-state index is 9.84. The molecular weight excluding hydrogens is 186 g/mol. The average molecular weight is 205 g/mol. The summed E-state index contributed by atoms with van der Waals surface area (Å²) in [6.07, 6.45) is 4.13. The van der Waals surface area contributed by atoms with E-state index in [0.29, 0.717) is 5.70 Å². The van der Waals surface area contributed by atoms with Crippen molar-refractivity contribution < 1.29 is 5.11 Å². The molecular formula is C13H19NO. The Bertz CT molecular complexity index is 317. The molecule has 0 spiro atoms. The van der Waals surface area contributed by atoms with Crippen molar-refractivity contribution in [3.05, 3.63) is 41.6 Å². The number of aliphatic hydroxyl groups is 1. The van der Waals surface area contributed by atoms with Crippen LogP contribution >= 0.6 is 0 Å². The number of allylic oxidation sites excluding steroid dienone is 1. The molecule has 0 bridgehead atoms. The predicted octanol–water partition coefficient (Wildman–Crippen LogP) is 3.45. The minimum Gasteiger partial charge on any atom is -0.506 e. The van der Waals surface area contributed by atoms with E-state index < -0.39 is 0 Å². The van der Waals surface area contributed by atoms with Gasteiger partial charge in [0.05, 0.1) is 5.70 Å². The van der Waals surface area contributed by atoms with Gasteiger partial charge in [0, 0.05) is 5.56 Å². The van der Waals surface area contributed by atoms with Gasteiger partial charge in [0.25, 0.3) is 0 Å². The van der Waals surface area contributed by atoms with Crippen molar-refractivity contribution in [3.8, 4) is 0 Å². The van der Waals surface area contributed by atoms with Crippen LogP contribution in [0.5, 0.6) is 0 Å². The summed E-state index contributed by atoms with van der Waals surface area (Å²) in [5, 5.41) is 9.84. The molecule has 15 heavy (non-hydrogen) atoms. The molecule has 2 nitrogen and oxygen atoms in total. The lowest BCUT2D eigenvalue weighted by atomic mass is 10.1. The zero-order valence-corrected chi connectivity index (χ0v) is 9.24. The fraction of sp³-hybridized carbons (Fsp3) is 0.385. The Hall–Kier alpha value is -1.44. The Kier molecular flexibility index (Phi) is 4.75. The molecule has 0 aliphatic carbocycles. The van der Waals surface area contributed by atoms with E-state index in [4.69, 9.17) is 5.73 Å².